The Morgan fingerprint density at radius 2 is 1.64 bits per heavy atom. The highest BCUT2D eigenvalue weighted by Crippen LogP contribution is 2.32. The van der Waals surface area contributed by atoms with E-state index in [0.717, 1.165) is 9.87 Å². The summed E-state index contributed by atoms with van der Waals surface area (Å²) in [4.78, 5) is 28.3. The zero-order chi connectivity index (χ0) is 28.7. The van der Waals surface area contributed by atoms with Crippen molar-refractivity contribution in [2.45, 2.75) is 51.2 Å². The maximum absolute atomic E-state index is 13.9. The zero-order valence-electron chi connectivity index (χ0n) is 22.7. The van der Waals surface area contributed by atoms with Gasteiger partial charge in [-0.05, 0) is 69.7 Å². The van der Waals surface area contributed by atoms with E-state index in [4.69, 9.17) is 16.3 Å². The third kappa shape index (κ3) is 7.52. The van der Waals surface area contributed by atoms with Gasteiger partial charge in [0.1, 0.15) is 18.3 Å². The van der Waals surface area contributed by atoms with Crippen molar-refractivity contribution in [3.05, 3.63) is 88.9 Å². The first kappa shape index (κ1) is 30.0. The predicted octanol–water partition coefficient (Wildman–Crippen LogP) is 4.79. The molecule has 0 saturated carbocycles. The van der Waals surface area contributed by atoms with Crippen molar-refractivity contribution in [3.63, 3.8) is 0 Å². The van der Waals surface area contributed by atoms with E-state index in [2.05, 4.69) is 5.32 Å². The predicted molar refractivity (Wildman–Crippen MR) is 153 cm³/mol. The van der Waals surface area contributed by atoms with Crippen molar-refractivity contribution in [1.29, 1.82) is 0 Å². The van der Waals surface area contributed by atoms with Crippen LogP contribution in [0.3, 0.4) is 0 Å². The van der Waals surface area contributed by atoms with Crippen LogP contribution < -0.4 is 14.4 Å². The zero-order valence-corrected chi connectivity index (χ0v) is 24.3. The molecule has 1 unspecified atom stereocenters. The van der Waals surface area contributed by atoms with Gasteiger partial charge in [0.05, 0.1) is 17.7 Å². The van der Waals surface area contributed by atoms with Gasteiger partial charge in [0.15, 0.2) is 0 Å². The molecule has 39 heavy (non-hydrogen) atoms. The van der Waals surface area contributed by atoms with Gasteiger partial charge in [-0.15, -0.1) is 0 Å². The number of carbonyl (C=O) groups is 2. The van der Waals surface area contributed by atoms with Gasteiger partial charge in [-0.25, -0.2) is 8.42 Å². The number of rotatable bonds is 11. The van der Waals surface area contributed by atoms with Crippen LogP contribution >= 0.6 is 11.6 Å². The molecule has 2 amide bonds. The van der Waals surface area contributed by atoms with Gasteiger partial charge in [0, 0.05) is 17.6 Å². The molecule has 0 aromatic heterocycles. The van der Waals surface area contributed by atoms with Crippen LogP contribution in [-0.2, 0) is 26.2 Å². The molecular formula is C29H34ClN3O5S. The fourth-order valence-electron chi connectivity index (χ4n) is 4.01. The van der Waals surface area contributed by atoms with Gasteiger partial charge in [-0.1, -0.05) is 53.6 Å². The molecule has 0 bridgehead atoms. The fourth-order valence-corrected chi connectivity index (χ4v) is 5.64. The molecule has 0 aliphatic heterocycles. The Balaban J connectivity index is 2.07. The summed E-state index contributed by atoms with van der Waals surface area (Å²) in [6, 6.07) is 18.9. The number of para-hydroxylation sites is 2. The number of sulfonamides is 1. The summed E-state index contributed by atoms with van der Waals surface area (Å²) in [7, 11) is -2.76. The standard InChI is InChI=1S/C29H34ClN3O5S/c1-20(2)31-29(35)22(4)32(18-23-9-8-10-24(30)17-23)28(34)19-33(26-11-6-7-12-27(26)38-5)39(36,37)25-15-13-21(3)14-16-25/h6-17,20,22H,18-19H2,1-5H3,(H,31,35). The van der Waals surface area contributed by atoms with Gasteiger partial charge in [-0.2, -0.15) is 0 Å². The summed E-state index contributed by atoms with van der Waals surface area (Å²) in [6.07, 6.45) is 0. The number of benzene rings is 3. The summed E-state index contributed by atoms with van der Waals surface area (Å²) in [5.74, 6) is -0.637. The highest BCUT2D eigenvalue weighted by molar-refractivity contribution is 7.92. The van der Waals surface area contributed by atoms with Crippen LogP contribution in [0, 0.1) is 6.92 Å². The number of aryl methyl sites for hydroxylation is 1. The molecule has 0 saturated heterocycles. The lowest BCUT2D eigenvalue weighted by atomic mass is 10.1. The van der Waals surface area contributed by atoms with Crippen molar-refractivity contribution >= 4 is 39.1 Å². The maximum Gasteiger partial charge on any atom is 0.264 e. The number of hydrogen-bond acceptors (Lipinski definition) is 5. The summed E-state index contributed by atoms with van der Waals surface area (Å²) in [5.41, 5.74) is 1.80. The second-order valence-electron chi connectivity index (χ2n) is 9.49. The number of ether oxygens (including phenoxy) is 1. The van der Waals surface area contributed by atoms with Crippen molar-refractivity contribution in [2.24, 2.45) is 0 Å². The minimum absolute atomic E-state index is 0.0267. The minimum Gasteiger partial charge on any atom is -0.495 e. The Kier molecular flexibility index (Phi) is 9.99. The maximum atomic E-state index is 13.9. The Hall–Kier alpha value is -3.56. The number of amides is 2. The van der Waals surface area contributed by atoms with Crippen LogP contribution in [0.5, 0.6) is 5.75 Å². The van der Waals surface area contributed by atoms with Crippen LogP contribution in [0.25, 0.3) is 0 Å². The molecular weight excluding hydrogens is 538 g/mol. The third-order valence-corrected chi connectivity index (χ3v) is 8.09. The van der Waals surface area contributed by atoms with E-state index >= 15 is 0 Å². The third-order valence-electron chi connectivity index (χ3n) is 6.08. The number of nitrogens with one attached hydrogen (secondary N) is 1. The molecule has 3 aromatic carbocycles. The van der Waals surface area contributed by atoms with Crippen LogP contribution in [0.2, 0.25) is 5.02 Å². The molecule has 3 rings (SSSR count). The Labute approximate surface area is 235 Å². The molecule has 3 aromatic rings. The average molecular weight is 572 g/mol. The average Bonchev–Trinajstić information content (AvgIpc) is 2.89. The number of anilines is 1. The lowest BCUT2D eigenvalue weighted by molar-refractivity contribution is -0.139. The van der Waals surface area contributed by atoms with Crippen LogP contribution in [0.4, 0.5) is 5.69 Å². The lowest BCUT2D eigenvalue weighted by Crippen LogP contribution is -2.52. The van der Waals surface area contributed by atoms with E-state index in [-0.39, 0.29) is 34.8 Å². The molecule has 208 valence electrons. The van der Waals surface area contributed by atoms with Gasteiger partial charge in [0.25, 0.3) is 10.0 Å². The topological polar surface area (TPSA) is 96.0 Å². The number of carbonyl (C=O) groups excluding carboxylic acids is 2. The van der Waals surface area contributed by atoms with Crippen molar-refractivity contribution in [2.75, 3.05) is 18.0 Å². The molecule has 1 N–H and O–H groups in total. The molecule has 1 atom stereocenters. The van der Waals surface area contributed by atoms with E-state index in [9.17, 15) is 18.0 Å². The first-order valence-corrected chi connectivity index (χ1v) is 14.3. The Morgan fingerprint density at radius 3 is 2.26 bits per heavy atom. The van der Waals surface area contributed by atoms with Gasteiger partial charge >= 0.3 is 0 Å². The van der Waals surface area contributed by atoms with Crippen molar-refractivity contribution in [1.82, 2.24) is 10.2 Å². The molecule has 0 aliphatic carbocycles. The molecule has 0 spiro atoms. The quantitative estimate of drug-likeness (QED) is 0.357. The van der Waals surface area contributed by atoms with Crippen LogP contribution in [0.15, 0.2) is 77.7 Å². The number of methoxy groups -OCH3 is 1. The number of halogens is 1. The molecule has 0 fully saturated rings. The largest absolute Gasteiger partial charge is 0.495 e. The van der Waals surface area contributed by atoms with Gasteiger partial charge in [-0.3, -0.25) is 13.9 Å². The van der Waals surface area contributed by atoms with Crippen molar-refractivity contribution < 1.29 is 22.7 Å². The highest BCUT2D eigenvalue weighted by atomic mass is 35.5. The van der Waals surface area contributed by atoms with Gasteiger partial charge < -0.3 is 15.0 Å². The highest BCUT2D eigenvalue weighted by Gasteiger charge is 2.33. The molecule has 0 aliphatic rings. The van der Waals surface area contributed by atoms with Crippen molar-refractivity contribution in [3.8, 4) is 5.75 Å². The second kappa shape index (κ2) is 13.0. The minimum atomic E-state index is -4.19. The van der Waals surface area contributed by atoms with E-state index in [1.54, 1.807) is 67.6 Å². The molecule has 0 radical (unpaired) electrons. The normalized spacial score (nSPS) is 12.1. The fraction of sp³-hybridized carbons (Fsp3) is 0.310. The van der Waals surface area contributed by atoms with E-state index in [1.807, 2.05) is 20.8 Å². The summed E-state index contributed by atoms with van der Waals surface area (Å²) >= 11 is 6.17. The molecule has 8 nitrogen and oxygen atoms in total. The van der Waals surface area contributed by atoms with Gasteiger partial charge in [0.2, 0.25) is 11.8 Å². The Bertz CT molecular complexity index is 1410. The molecule has 10 heteroatoms. The number of hydrogen-bond donors (Lipinski definition) is 1. The lowest BCUT2D eigenvalue weighted by Gasteiger charge is -2.32. The first-order valence-electron chi connectivity index (χ1n) is 12.5. The summed E-state index contributed by atoms with van der Waals surface area (Å²) in [5, 5.41) is 3.31. The van der Waals surface area contributed by atoms with E-state index in [1.165, 1.54) is 24.1 Å². The number of nitrogens with zero attached hydrogens (tertiary/aromatic N) is 2. The molecule has 0 heterocycles. The van der Waals surface area contributed by atoms with E-state index < -0.39 is 28.5 Å². The second-order valence-corrected chi connectivity index (χ2v) is 11.8. The first-order chi connectivity index (χ1) is 18.4. The summed E-state index contributed by atoms with van der Waals surface area (Å²) < 4.78 is 34.3. The van der Waals surface area contributed by atoms with E-state index in [0.29, 0.717) is 10.6 Å². The van der Waals surface area contributed by atoms with Crippen LogP contribution in [0.1, 0.15) is 31.9 Å². The monoisotopic (exact) mass is 571 g/mol. The summed E-state index contributed by atoms with van der Waals surface area (Å²) in [6.45, 7) is 6.61. The smallest absolute Gasteiger partial charge is 0.264 e. The SMILES string of the molecule is COc1ccccc1N(CC(=O)N(Cc1cccc(Cl)c1)C(C)C(=O)NC(C)C)S(=O)(=O)c1ccc(C)cc1. The van der Waals surface area contributed by atoms with Crippen LogP contribution in [-0.4, -0.2) is 50.9 Å². The Morgan fingerprint density at radius 1 is 0.974 bits per heavy atom.